The van der Waals surface area contributed by atoms with Gasteiger partial charge in [-0.15, -0.1) is 0 Å². The molecule has 23 heavy (non-hydrogen) atoms. The van der Waals surface area contributed by atoms with Crippen molar-refractivity contribution in [2.45, 2.75) is 18.9 Å². The monoisotopic (exact) mass is 318 g/mol. The highest BCUT2D eigenvalue weighted by molar-refractivity contribution is 5.95. The minimum Gasteiger partial charge on any atom is -0.354 e. The molecule has 0 aromatic carbocycles. The Kier molecular flexibility index (Phi) is 4.11. The average Bonchev–Trinajstić information content (AvgIpc) is 2.95. The third kappa shape index (κ3) is 2.95. The molecular formula is C16H22N4O3. The van der Waals surface area contributed by atoms with Gasteiger partial charge in [0.25, 0.3) is 0 Å². The van der Waals surface area contributed by atoms with Gasteiger partial charge in [0.05, 0.1) is 13.1 Å². The molecule has 1 atom stereocenters. The summed E-state index contributed by atoms with van der Waals surface area (Å²) in [5, 5.41) is 0. The summed E-state index contributed by atoms with van der Waals surface area (Å²) in [5.41, 5.74) is 1.11. The number of aryl methyl sites for hydroxylation is 2. The first-order valence-electron chi connectivity index (χ1n) is 7.90. The zero-order valence-electron chi connectivity index (χ0n) is 13.6. The molecule has 2 fully saturated rings. The van der Waals surface area contributed by atoms with Crippen molar-refractivity contribution in [3.8, 4) is 0 Å². The van der Waals surface area contributed by atoms with Crippen LogP contribution in [0.5, 0.6) is 0 Å². The van der Waals surface area contributed by atoms with Gasteiger partial charge >= 0.3 is 0 Å². The summed E-state index contributed by atoms with van der Waals surface area (Å²) in [4.78, 5) is 41.5. The van der Waals surface area contributed by atoms with Gasteiger partial charge in [-0.1, -0.05) is 0 Å². The quantitative estimate of drug-likeness (QED) is 0.752. The van der Waals surface area contributed by atoms with E-state index in [1.165, 1.54) is 4.90 Å². The van der Waals surface area contributed by atoms with E-state index >= 15 is 0 Å². The maximum atomic E-state index is 12.4. The van der Waals surface area contributed by atoms with E-state index in [9.17, 15) is 14.4 Å². The molecule has 124 valence electrons. The third-order valence-electron chi connectivity index (χ3n) is 4.73. The molecule has 3 amide bonds. The Bertz CT molecular complexity index is 639. The van der Waals surface area contributed by atoms with Crippen LogP contribution in [0.4, 0.5) is 0 Å². The van der Waals surface area contributed by atoms with Crippen LogP contribution in [0.3, 0.4) is 0 Å². The molecule has 3 heterocycles. The van der Waals surface area contributed by atoms with Crippen molar-refractivity contribution in [2.75, 3.05) is 33.2 Å². The lowest BCUT2D eigenvalue weighted by Gasteiger charge is -2.45. The molecule has 0 bridgehead atoms. The smallest absolute Gasteiger partial charge is 0.247 e. The average molecular weight is 318 g/mol. The Morgan fingerprint density at radius 1 is 1.26 bits per heavy atom. The number of piperazine rings is 2. The molecule has 1 aromatic heterocycles. The highest BCUT2D eigenvalue weighted by Gasteiger charge is 2.42. The molecule has 2 saturated heterocycles. The lowest BCUT2D eigenvalue weighted by atomic mass is 10.1. The highest BCUT2D eigenvalue weighted by Crippen LogP contribution is 2.18. The molecular weight excluding hydrogens is 296 g/mol. The van der Waals surface area contributed by atoms with Crippen molar-refractivity contribution in [3.05, 3.63) is 24.0 Å². The predicted octanol–water partition coefficient (Wildman–Crippen LogP) is -0.531. The van der Waals surface area contributed by atoms with Crippen LogP contribution in [0, 0.1) is 0 Å². The standard InChI is InChI=1S/C16H22N4O3/c1-17-7-3-4-12(17)5-6-14(21)19-8-9-20-13(10-19)16(23)18(2)11-15(20)22/h3-4,7,13H,5-6,8-11H2,1-2H3/t13-/m0/s1. The van der Waals surface area contributed by atoms with Crippen LogP contribution in [0.2, 0.25) is 0 Å². The number of aromatic nitrogens is 1. The number of fused-ring (bicyclic) bond motifs is 1. The topological polar surface area (TPSA) is 65.9 Å². The molecule has 7 heteroatoms. The third-order valence-corrected chi connectivity index (χ3v) is 4.73. The number of likely N-dealkylation sites (N-methyl/N-ethyl adjacent to an activating group) is 1. The Morgan fingerprint density at radius 2 is 2.04 bits per heavy atom. The van der Waals surface area contributed by atoms with Gasteiger partial charge in [-0.05, 0) is 18.6 Å². The van der Waals surface area contributed by atoms with Gasteiger partial charge in [-0.25, -0.2) is 0 Å². The lowest BCUT2D eigenvalue weighted by Crippen LogP contribution is -2.66. The van der Waals surface area contributed by atoms with E-state index in [-0.39, 0.29) is 24.3 Å². The first-order valence-corrected chi connectivity index (χ1v) is 7.90. The molecule has 2 aliphatic rings. The van der Waals surface area contributed by atoms with Crippen LogP contribution in [-0.2, 0) is 27.9 Å². The zero-order chi connectivity index (χ0) is 16.6. The van der Waals surface area contributed by atoms with Crippen LogP contribution in [0.25, 0.3) is 0 Å². The largest absolute Gasteiger partial charge is 0.354 e. The van der Waals surface area contributed by atoms with Crippen LogP contribution < -0.4 is 0 Å². The number of nitrogens with zero attached hydrogens (tertiary/aromatic N) is 4. The summed E-state index contributed by atoms with van der Waals surface area (Å²) >= 11 is 0. The maximum Gasteiger partial charge on any atom is 0.247 e. The summed E-state index contributed by atoms with van der Waals surface area (Å²) in [6.45, 7) is 1.39. The second-order valence-corrected chi connectivity index (χ2v) is 6.25. The minimum atomic E-state index is -0.519. The summed E-state index contributed by atoms with van der Waals surface area (Å²) in [7, 11) is 3.59. The first kappa shape index (κ1) is 15.6. The fraction of sp³-hybridized carbons (Fsp3) is 0.562. The van der Waals surface area contributed by atoms with E-state index in [0.717, 1.165) is 5.69 Å². The van der Waals surface area contributed by atoms with Crippen LogP contribution in [0.15, 0.2) is 18.3 Å². The van der Waals surface area contributed by atoms with Gasteiger partial charge in [0, 0.05) is 45.5 Å². The Labute approximate surface area is 135 Å². The Balaban J connectivity index is 1.61. The highest BCUT2D eigenvalue weighted by atomic mass is 16.2. The first-order chi connectivity index (χ1) is 11.0. The normalized spacial score (nSPS) is 21.7. The van der Waals surface area contributed by atoms with Crippen LogP contribution >= 0.6 is 0 Å². The number of hydrogen-bond donors (Lipinski definition) is 0. The van der Waals surface area contributed by atoms with Gasteiger partial charge in [-0.2, -0.15) is 0 Å². The molecule has 2 aliphatic heterocycles. The number of rotatable bonds is 3. The number of amides is 3. The SMILES string of the molecule is CN1CC(=O)N2CCN(C(=O)CCc3cccn3C)C[C@H]2C1=O. The number of carbonyl (C=O) groups excluding carboxylic acids is 3. The second kappa shape index (κ2) is 6.06. The van der Waals surface area contributed by atoms with Crippen molar-refractivity contribution >= 4 is 17.7 Å². The summed E-state index contributed by atoms with van der Waals surface area (Å²) < 4.78 is 2.00. The summed E-state index contributed by atoms with van der Waals surface area (Å²) in [6.07, 6.45) is 3.06. The number of hydrogen-bond acceptors (Lipinski definition) is 3. The van der Waals surface area contributed by atoms with E-state index in [0.29, 0.717) is 32.5 Å². The van der Waals surface area contributed by atoms with Crippen molar-refractivity contribution < 1.29 is 14.4 Å². The molecule has 0 unspecified atom stereocenters. The van der Waals surface area contributed by atoms with Gasteiger partial charge in [0.2, 0.25) is 17.7 Å². The fourth-order valence-electron chi connectivity index (χ4n) is 3.29. The molecule has 0 radical (unpaired) electrons. The van der Waals surface area contributed by atoms with E-state index in [1.54, 1.807) is 16.8 Å². The van der Waals surface area contributed by atoms with Crippen molar-refractivity contribution in [1.82, 2.24) is 19.3 Å². The lowest BCUT2D eigenvalue weighted by molar-refractivity contribution is -0.160. The predicted molar refractivity (Wildman–Crippen MR) is 83.5 cm³/mol. The zero-order valence-corrected chi connectivity index (χ0v) is 13.6. The van der Waals surface area contributed by atoms with Gasteiger partial charge in [0.15, 0.2) is 0 Å². The minimum absolute atomic E-state index is 0.0343. The van der Waals surface area contributed by atoms with E-state index in [4.69, 9.17) is 0 Å². The Hall–Kier alpha value is -2.31. The van der Waals surface area contributed by atoms with Gasteiger partial charge in [0.1, 0.15) is 6.04 Å². The van der Waals surface area contributed by atoms with Crippen LogP contribution in [-0.4, -0.2) is 76.3 Å². The molecule has 7 nitrogen and oxygen atoms in total. The van der Waals surface area contributed by atoms with Crippen molar-refractivity contribution in [1.29, 1.82) is 0 Å². The Morgan fingerprint density at radius 3 is 2.74 bits per heavy atom. The second-order valence-electron chi connectivity index (χ2n) is 6.25. The van der Waals surface area contributed by atoms with E-state index in [2.05, 4.69) is 0 Å². The maximum absolute atomic E-state index is 12.4. The summed E-state index contributed by atoms with van der Waals surface area (Å²) in [6, 6.07) is 3.44. The van der Waals surface area contributed by atoms with Crippen LogP contribution in [0.1, 0.15) is 12.1 Å². The molecule has 0 aliphatic carbocycles. The van der Waals surface area contributed by atoms with E-state index < -0.39 is 6.04 Å². The van der Waals surface area contributed by atoms with Crippen molar-refractivity contribution in [2.24, 2.45) is 7.05 Å². The molecule has 0 N–H and O–H groups in total. The van der Waals surface area contributed by atoms with Gasteiger partial charge < -0.3 is 19.3 Å². The molecule has 0 spiro atoms. The van der Waals surface area contributed by atoms with E-state index in [1.807, 2.05) is 29.9 Å². The van der Waals surface area contributed by atoms with Gasteiger partial charge in [-0.3, -0.25) is 14.4 Å². The summed E-state index contributed by atoms with van der Waals surface area (Å²) in [5.74, 6) is -0.0723. The number of carbonyl (C=O) groups is 3. The fourth-order valence-corrected chi connectivity index (χ4v) is 3.29. The molecule has 1 aromatic rings. The molecule has 0 saturated carbocycles. The van der Waals surface area contributed by atoms with Crippen molar-refractivity contribution in [3.63, 3.8) is 0 Å². The molecule has 3 rings (SSSR count).